The van der Waals surface area contributed by atoms with E-state index >= 15 is 0 Å². The van der Waals surface area contributed by atoms with Crippen LogP contribution < -0.4 is 0 Å². The summed E-state index contributed by atoms with van der Waals surface area (Å²) < 4.78 is 25.6. The van der Waals surface area contributed by atoms with Crippen molar-refractivity contribution in [2.24, 2.45) is 0 Å². The Bertz CT molecular complexity index is 689. The second kappa shape index (κ2) is 6.48. The molecule has 104 valence electrons. The first kappa shape index (κ1) is 15.2. The van der Waals surface area contributed by atoms with Gasteiger partial charge in [0.05, 0.1) is 32.0 Å². The summed E-state index contributed by atoms with van der Waals surface area (Å²) in [7, 11) is -1.68. The molecule has 0 bridgehead atoms. The third kappa shape index (κ3) is 3.45. The van der Waals surface area contributed by atoms with Gasteiger partial charge < -0.3 is 0 Å². The highest BCUT2D eigenvalue weighted by Gasteiger charge is 2.17. The molecular weight excluding hydrogens is 322 g/mol. The molecule has 2 rings (SSSR count). The van der Waals surface area contributed by atoms with Gasteiger partial charge >= 0.3 is 0 Å². The fourth-order valence-electron chi connectivity index (χ4n) is 1.61. The van der Waals surface area contributed by atoms with Gasteiger partial charge in [-0.1, -0.05) is 35.3 Å². The lowest BCUT2D eigenvalue weighted by molar-refractivity contribution is 0.101. The number of carbonyl (C=O) groups is 1. The summed E-state index contributed by atoms with van der Waals surface area (Å²) in [5.41, 5.74) is -0.0843. The zero-order valence-corrected chi connectivity index (χ0v) is 12.4. The van der Waals surface area contributed by atoms with Gasteiger partial charge in [0.2, 0.25) is 0 Å². The van der Waals surface area contributed by atoms with Gasteiger partial charge in [-0.15, -0.1) is 0 Å². The number of rotatable bonds is 4. The molecule has 0 aliphatic carbocycles. The van der Waals surface area contributed by atoms with Crippen LogP contribution in [0.5, 0.6) is 0 Å². The van der Waals surface area contributed by atoms with Crippen molar-refractivity contribution in [2.45, 2.75) is 4.90 Å². The van der Waals surface area contributed by atoms with E-state index in [1.54, 1.807) is 12.1 Å². The molecule has 0 saturated carbocycles. The Kier molecular flexibility index (Phi) is 4.91. The third-order valence-corrected chi connectivity index (χ3v) is 4.60. The van der Waals surface area contributed by atoms with E-state index in [2.05, 4.69) is 0 Å². The summed E-state index contributed by atoms with van der Waals surface area (Å²) in [6.07, 6.45) is 0. The molecule has 0 spiro atoms. The summed E-state index contributed by atoms with van der Waals surface area (Å²) in [4.78, 5) is 12.2. The number of carbonyl (C=O) groups excluding carboxylic acids is 1. The van der Waals surface area contributed by atoms with Crippen molar-refractivity contribution in [1.29, 1.82) is 0 Å². The van der Waals surface area contributed by atoms with E-state index in [1.807, 2.05) is 0 Å². The molecule has 2 aromatic rings. The van der Waals surface area contributed by atoms with Gasteiger partial charge in [-0.3, -0.25) is 9.00 Å². The van der Waals surface area contributed by atoms with Crippen LogP contribution in [0, 0.1) is 5.82 Å². The van der Waals surface area contributed by atoms with Crippen molar-refractivity contribution >= 4 is 39.8 Å². The van der Waals surface area contributed by atoms with Crippen LogP contribution in [0.25, 0.3) is 0 Å². The molecule has 0 aliphatic heterocycles. The normalized spacial score (nSPS) is 12.2. The van der Waals surface area contributed by atoms with Crippen molar-refractivity contribution in [3.05, 3.63) is 63.9 Å². The zero-order valence-electron chi connectivity index (χ0n) is 10.1. The molecule has 1 atom stereocenters. The highest BCUT2D eigenvalue weighted by atomic mass is 35.5. The average Bonchev–Trinajstić information content (AvgIpc) is 2.41. The molecule has 6 heteroatoms. The minimum absolute atomic E-state index is 0.0843. The Morgan fingerprint density at radius 1 is 1.15 bits per heavy atom. The van der Waals surface area contributed by atoms with Crippen molar-refractivity contribution in [1.82, 2.24) is 0 Å². The van der Waals surface area contributed by atoms with Crippen LogP contribution in [0.4, 0.5) is 4.39 Å². The first-order valence-electron chi connectivity index (χ1n) is 5.60. The zero-order chi connectivity index (χ0) is 14.7. The number of ketones is 1. The fraction of sp³-hybridized carbons (Fsp3) is 0.0714. The van der Waals surface area contributed by atoms with Crippen LogP contribution in [0.1, 0.15) is 10.4 Å². The molecule has 0 N–H and O–H groups in total. The Morgan fingerprint density at radius 3 is 2.55 bits per heavy atom. The van der Waals surface area contributed by atoms with E-state index < -0.39 is 22.4 Å². The maximum absolute atomic E-state index is 13.5. The standard InChI is InChI=1S/C14H9Cl2FO2S/c15-9-5-6-11(16)14(7-9)20(19)8-13(18)10-3-1-2-4-12(10)17/h1-7H,8H2. The van der Waals surface area contributed by atoms with E-state index in [1.165, 1.54) is 30.3 Å². The topological polar surface area (TPSA) is 34.1 Å². The monoisotopic (exact) mass is 330 g/mol. The maximum atomic E-state index is 13.5. The lowest BCUT2D eigenvalue weighted by Gasteiger charge is -2.05. The van der Waals surface area contributed by atoms with Crippen LogP contribution in [0.2, 0.25) is 10.0 Å². The van der Waals surface area contributed by atoms with Gasteiger partial charge in [0.15, 0.2) is 5.78 Å². The number of hydrogen-bond donors (Lipinski definition) is 0. The molecule has 20 heavy (non-hydrogen) atoms. The summed E-state index contributed by atoms with van der Waals surface area (Å²) >= 11 is 11.7. The first-order chi connectivity index (χ1) is 9.49. The third-order valence-electron chi connectivity index (χ3n) is 2.57. The quantitative estimate of drug-likeness (QED) is 0.790. The lowest BCUT2D eigenvalue weighted by atomic mass is 10.1. The van der Waals surface area contributed by atoms with Gasteiger partial charge in [0, 0.05) is 5.02 Å². The van der Waals surface area contributed by atoms with Gasteiger partial charge in [0.25, 0.3) is 0 Å². The molecule has 0 aromatic heterocycles. The summed E-state index contributed by atoms with van der Waals surface area (Å²) in [6.45, 7) is 0. The van der Waals surface area contributed by atoms with E-state index in [4.69, 9.17) is 23.2 Å². The Labute approximate surface area is 128 Å². The molecule has 0 amide bonds. The molecule has 0 radical (unpaired) electrons. The average molecular weight is 331 g/mol. The number of Topliss-reactive ketones (excluding diaryl/α,β-unsaturated/α-hetero) is 1. The largest absolute Gasteiger partial charge is 0.293 e. The molecule has 0 saturated heterocycles. The highest BCUT2D eigenvalue weighted by Crippen LogP contribution is 2.24. The summed E-state index contributed by atoms with van der Waals surface area (Å²) in [5, 5.41) is 0.630. The number of halogens is 3. The Hall–Kier alpha value is -1.23. The molecule has 0 aliphatic rings. The molecule has 1 unspecified atom stereocenters. The summed E-state index contributed by atoms with van der Waals surface area (Å²) in [6, 6.07) is 10.1. The molecule has 0 fully saturated rings. The minimum Gasteiger partial charge on any atom is -0.293 e. The molecular formula is C14H9Cl2FO2S. The minimum atomic E-state index is -1.68. The molecule has 0 heterocycles. The van der Waals surface area contributed by atoms with E-state index in [-0.39, 0.29) is 21.2 Å². The lowest BCUT2D eigenvalue weighted by Crippen LogP contribution is -2.13. The van der Waals surface area contributed by atoms with Gasteiger partial charge in [-0.2, -0.15) is 0 Å². The van der Waals surface area contributed by atoms with Crippen LogP contribution in [-0.2, 0) is 10.8 Å². The molecule has 2 nitrogen and oxygen atoms in total. The fourth-order valence-corrected chi connectivity index (χ4v) is 3.32. The first-order valence-corrected chi connectivity index (χ1v) is 7.67. The second-order valence-electron chi connectivity index (χ2n) is 3.97. The van der Waals surface area contributed by atoms with Crippen molar-refractivity contribution in [2.75, 3.05) is 5.75 Å². The van der Waals surface area contributed by atoms with Gasteiger partial charge in [-0.25, -0.2) is 4.39 Å². The highest BCUT2D eigenvalue weighted by molar-refractivity contribution is 7.86. The van der Waals surface area contributed by atoms with E-state index in [0.29, 0.717) is 5.02 Å². The SMILES string of the molecule is O=C(CS(=O)c1cc(Cl)ccc1Cl)c1ccccc1F. The van der Waals surface area contributed by atoms with Crippen LogP contribution >= 0.6 is 23.2 Å². The van der Waals surface area contributed by atoms with Crippen molar-refractivity contribution in [3.63, 3.8) is 0 Å². The summed E-state index contributed by atoms with van der Waals surface area (Å²) in [5.74, 6) is -1.52. The maximum Gasteiger partial charge on any atom is 0.178 e. The van der Waals surface area contributed by atoms with Crippen molar-refractivity contribution < 1.29 is 13.4 Å². The van der Waals surface area contributed by atoms with E-state index in [0.717, 1.165) is 0 Å². The smallest absolute Gasteiger partial charge is 0.178 e. The number of hydrogen-bond acceptors (Lipinski definition) is 2. The van der Waals surface area contributed by atoms with Crippen molar-refractivity contribution in [3.8, 4) is 0 Å². The second-order valence-corrected chi connectivity index (χ2v) is 6.23. The van der Waals surface area contributed by atoms with Crippen LogP contribution in [0.3, 0.4) is 0 Å². The predicted octanol–water partition coefficient (Wildman–Crippen LogP) is 4.12. The number of benzene rings is 2. The van der Waals surface area contributed by atoms with Gasteiger partial charge in [-0.05, 0) is 30.3 Å². The van der Waals surface area contributed by atoms with Crippen LogP contribution in [0.15, 0.2) is 47.4 Å². The van der Waals surface area contributed by atoms with E-state index in [9.17, 15) is 13.4 Å². The predicted molar refractivity (Wildman–Crippen MR) is 78.5 cm³/mol. The Morgan fingerprint density at radius 2 is 1.85 bits per heavy atom. The Balaban J connectivity index is 2.22. The molecule has 2 aromatic carbocycles. The van der Waals surface area contributed by atoms with Gasteiger partial charge in [0.1, 0.15) is 5.82 Å². The van der Waals surface area contributed by atoms with Crippen LogP contribution in [-0.4, -0.2) is 15.7 Å².